The molecule has 63 heavy (non-hydrogen) atoms. The van der Waals surface area contributed by atoms with Crippen molar-refractivity contribution in [3.8, 4) is 11.5 Å². The van der Waals surface area contributed by atoms with Gasteiger partial charge in [-0.1, -0.05) is 111 Å². The summed E-state index contributed by atoms with van der Waals surface area (Å²) in [6.07, 6.45) is 0.377. The summed E-state index contributed by atoms with van der Waals surface area (Å²) in [6, 6.07) is 32.0. The number of alkyl halides is 6. The lowest BCUT2D eigenvalue weighted by atomic mass is 9.88. The number of halogens is 6. The zero-order chi connectivity index (χ0) is 45.0. The van der Waals surface area contributed by atoms with Crippen LogP contribution < -0.4 is 15.1 Å². The van der Waals surface area contributed by atoms with Gasteiger partial charge in [-0.2, -0.15) is 26.3 Å². The summed E-state index contributed by atoms with van der Waals surface area (Å²) in [4.78, 5) is 53.0. The minimum Gasteiger partial charge on any atom is -0.413 e. The van der Waals surface area contributed by atoms with Crippen molar-refractivity contribution in [1.29, 1.82) is 0 Å². The first-order valence-electron chi connectivity index (χ1n) is 20.9. The second kappa shape index (κ2) is 21.2. The summed E-state index contributed by atoms with van der Waals surface area (Å²) in [6.45, 7) is -0.0517. The number of amides is 3. The molecule has 10 nitrogen and oxygen atoms in total. The van der Waals surface area contributed by atoms with Crippen molar-refractivity contribution >= 4 is 34.9 Å². The van der Waals surface area contributed by atoms with E-state index >= 15 is 0 Å². The van der Waals surface area contributed by atoms with Gasteiger partial charge in [0.1, 0.15) is 0 Å². The molecule has 3 amide bonds. The number of carbonyl (C=O) groups is 4. The van der Waals surface area contributed by atoms with E-state index in [1.165, 1.54) is 18.6 Å². The molecule has 7 rings (SSSR count). The molecule has 1 N–H and O–H groups in total. The number of hydrogen-bond donors (Lipinski definition) is 1. The molecule has 2 aliphatic rings. The van der Waals surface area contributed by atoms with Gasteiger partial charge in [0.25, 0.3) is 0 Å². The molecule has 0 radical (unpaired) electrons. The van der Waals surface area contributed by atoms with Crippen LogP contribution in [-0.2, 0) is 33.6 Å². The van der Waals surface area contributed by atoms with E-state index in [1.54, 1.807) is 51.5 Å². The first-order valence-corrected chi connectivity index (χ1v) is 20.9. The van der Waals surface area contributed by atoms with Crippen molar-refractivity contribution in [1.82, 2.24) is 15.5 Å². The van der Waals surface area contributed by atoms with Gasteiger partial charge >= 0.3 is 24.2 Å². The molecule has 0 bridgehead atoms. The SMILES string of the molecule is O=C(C1CCCCC1)N(Cc1ccc(-c2nnc(C(F)(F)F)o2)cc1)c1ccccc1.O=C(CNC(=O)C(F)(F)F)c1ccc(CN(C(=O)C2CCCCC2)c2ccccc2)cc1. The van der Waals surface area contributed by atoms with Gasteiger partial charge in [0.2, 0.25) is 17.7 Å². The Kier molecular flexibility index (Phi) is 15.5. The maximum absolute atomic E-state index is 13.3. The summed E-state index contributed by atoms with van der Waals surface area (Å²) in [5.74, 6) is -4.16. The molecule has 16 heteroatoms. The highest BCUT2D eigenvalue weighted by atomic mass is 19.4. The topological polar surface area (TPSA) is 126 Å². The summed E-state index contributed by atoms with van der Waals surface area (Å²) >= 11 is 0. The lowest BCUT2D eigenvalue weighted by Crippen LogP contribution is -2.39. The first-order chi connectivity index (χ1) is 30.2. The van der Waals surface area contributed by atoms with Gasteiger partial charge in [-0.15, -0.1) is 10.2 Å². The average Bonchev–Trinajstić information content (AvgIpc) is 3.82. The van der Waals surface area contributed by atoms with Gasteiger partial charge in [-0.3, -0.25) is 19.2 Å². The van der Waals surface area contributed by atoms with Gasteiger partial charge in [0.15, 0.2) is 5.78 Å². The Hall–Kier alpha value is -6.32. The predicted octanol–water partition coefficient (Wildman–Crippen LogP) is 10.5. The average molecular weight is 876 g/mol. The maximum Gasteiger partial charge on any atom is 0.471 e. The molecule has 0 aliphatic heterocycles. The minimum atomic E-state index is -5.03. The van der Waals surface area contributed by atoms with Crippen LogP contribution in [0.4, 0.5) is 37.7 Å². The number of para-hydroxylation sites is 2. The number of carbonyl (C=O) groups excluding carboxylic acids is 4. The van der Waals surface area contributed by atoms with Crippen LogP contribution in [0.5, 0.6) is 0 Å². The predicted molar refractivity (Wildman–Crippen MR) is 223 cm³/mol. The molecule has 0 unspecified atom stereocenters. The molecule has 2 aliphatic carbocycles. The van der Waals surface area contributed by atoms with E-state index in [0.717, 1.165) is 80.3 Å². The summed E-state index contributed by atoms with van der Waals surface area (Å²) in [7, 11) is 0. The van der Waals surface area contributed by atoms with Crippen LogP contribution in [-0.4, -0.2) is 46.4 Å². The Labute approximate surface area is 360 Å². The first kappa shape index (κ1) is 46.2. The molecule has 332 valence electrons. The monoisotopic (exact) mass is 875 g/mol. The quantitative estimate of drug-likeness (QED) is 0.0977. The number of hydrogen-bond acceptors (Lipinski definition) is 7. The van der Waals surface area contributed by atoms with Crippen molar-refractivity contribution in [2.45, 2.75) is 89.7 Å². The van der Waals surface area contributed by atoms with Crippen LogP contribution in [0.1, 0.15) is 91.6 Å². The van der Waals surface area contributed by atoms with Crippen LogP contribution >= 0.6 is 0 Å². The molecule has 1 heterocycles. The highest BCUT2D eigenvalue weighted by Crippen LogP contribution is 2.32. The van der Waals surface area contributed by atoms with E-state index in [1.807, 2.05) is 60.7 Å². The Bertz CT molecular complexity index is 2270. The molecule has 0 atom stereocenters. The Morgan fingerprint density at radius 2 is 1.03 bits per heavy atom. The van der Waals surface area contributed by atoms with Crippen LogP contribution in [0.25, 0.3) is 11.5 Å². The third-order valence-electron chi connectivity index (χ3n) is 11.1. The summed E-state index contributed by atoms with van der Waals surface area (Å²) in [5, 5.41) is 8.11. The molecular weight excluding hydrogens is 829 g/mol. The molecule has 1 aromatic heterocycles. The van der Waals surface area contributed by atoms with Crippen LogP contribution in [0, 0.1) is 11.8 Å². The zero-order valence-corrected chi connectivity index (χ0v) is 34.3. The highest BCUT2D eigenvalue weighted by Gasteiger charge is 2.39. The number of Topliss-reactive ketones (excluding diaryl/α,β-unsaturated/α-hetero) is 1. The normalized spacial score (nSPS) is 14.8. The van der Waals surface area contributed by atoms with Crippen LogP contribution in [0.2, 0.25) is 0 Å². The Morgan fingerprint density at radius 3 is 1.44 bits per heavy atom. The fourth-order valence-corrected chi connectivity index (χ4v) is 7.68. The fraction of sp³-hybridized carbons (Fsp3) is 0.362. The number of aromatic nitrogens is 2. The van der Waals surface area contributed by atoms with Gasteiger partial charge in [0.05, 0.1) is 19.6 Å². The fourth-order valence-electron chi connectivity index (χ4n) is 7.68. The van der Waals surface area contributed by atoms with Crippen molar-refractivity contribution in [3.05, 3.63) is 132 Å². The van der Waals surface area contributed by atoms with Gasteiger partial charge < -0.3 is 19.5 Å². The Balaban J connectivity index is 0.000000210. The molecule has 4 aromatic carbocycles. The summed E-state index contributed by atoms with van der Waals surface area (Å²) in [5.41, 5.74) is 3.82. The number of nitrogens with zero attached hydrogens (tertiary/aromatic N) is 4. The second-order valence-corrected chi connectivity index (χ2v) is 15.6. The molecule has 0 saturated heterocycles. The lowest BCUT2D eigenvalue weighted by molar-refractivity contribution is -0.173. The molecular formula is C47H47F6N5O5. The molecule has 2 saturated carbocycles. The van der Waals surface area contributed by atoms with Crippen molar-refractivity contribution < 1.29 is 49.9 Å². The van der Waals surface area contributed by atoms with E-state index in [2.05, 4.69) is 10.2 Å². The van der Waals surface area contributed by atoms with E-state index in [-0.39, 0.29) is 35.1 Å². The number of rotatable bonds is 12. The summed E-state index contributed by atoms with van der Waals surface area (Å²) < 4.78 is 79.6. The Morgan fingerprint density at radius 1 is 0.587 bits per heavy atom. The van der Waals surface area contributed by atoms with E-state index < -0.39 is 36.5 Å². The largest absolute Gasteiger partial charge is 0.471 e. The van der Waals surface area contributed by atoms with Crippen LogP contribution in [0.15, 0.2) is 114 Å². The third-order valence-corrected chi connectivity index (χ3v) is 11.1. The number of ketones is 1. The molecule has 0 spiro atoms. The third kappa shape index (κ3) is 12.9. The van der Waals surface area contributed by atoms with E-state index in [9.17, 15) is 45.5 Å². The number of benzene rings is 4. The van der Waals surface area contributed by atoms with Crippen molar-refractivity contribution in [2.24, 2.45) is 11.8 Å². The van der Waals surface area contributed by atoms with E-state index in [4.69, 9.17) is 4.42 Å². The maximum atomic E-state index is 13.3. The van der Waals surface area contributed by atoms with Crippen molar-refractivity contribution in [2.75, 3.05) is 16.3 Å². The number of nitrogens with one attached hydrogen (secondary N) is 1. The van der Waals surface area contributed by atoms with E-state index in [0.29, 0.717) is 18.7 Å². The zero-order valence-electron chi connectivity index (χ0n) is 34.3. The number of anilines is 2. The van der Waals surface area contributed by atoms with Gasteiger partial charge in [-0.25, -0.2) is 0 Å². The molecule has 2 fully saturated rings. The van der Waals surface area contributed by atoms with Crippen LogP contribution in [0.3, 0.4) is 0 Å². The van der Waals surface area contributed by atoms with Gasteiger partial charge in [0, 0.05) is 34.3 Å². The lowest BCUT2D eigenvalue weighted by Gasteiger charge is -2.29. The minimum absolute atomic E-state index is 0.0120. The van der Waals surface area contributed by atoms with Crippen molar-refractivity contribution in [3.63, 3.8) is 0 Å². The second-order valence-electron chi connectivity index (χ2n) is 15.6. The van der Waals surface area contributed by atoms with Gasteiger partial charge in [-0.05, 0) is 73.2 Å². The highest BCUT2D eigenvalue weighted by molar-refractivity contribution is 6.00. The smallest absolute Gasteiger partial charge is 0.413 e. The molecule has 5 aromatic rings. The standard InChI is InChI=1S/C24H25F3N2O3.C23H22F3N3O2/c25-24(26,27)23(32)28-15-21(30)18-13-11-17(12-14-18)16-29(20-9-5-2-6-10-20)22(31)19-7-3-1-4-8-19;24-23(25,26)22-28-27-20(31-22)17-13-11-16(12-14-17)15-29(19-9-5-2-6-10-19)21(30)18-7-3-1-4-8-18/h2,5-6,9-14,19H,1,3-4,7-8,15-16H2,(H,28,32);2,5-6,9-14,18H,1,3-4,7-8,15H2.